The van der Waals surface area contributed by atoms with Gasteiger partial charge < -0.3 is 5.73 Å². The average Bonchev–Trinajstić information content (AvgIpc) is 2.19. The zero-order valence-electron chi connectivity index (χ0n) is 11.0. The summed E-state index contributed by atoms with van der Waals surface area (Å²) in [6.07, 6.45) is 1.71. The molecule has 0 spiro atoms. The molecule has 0 aliphatic carbocycles. The first-order valence-corrected chi connectivity index (χ1v) is 5.71. The number of hydrogen-bond donors (Lipinski definition) is 1. The molecule has 1 rings (SSSR count). The van der Waals surface area contributed by atoms with Gasteiger partial charge in [0.1, 0.15) is 0 Å². The lowest BCUT2D eigenvalue weighted by atomic mass is 9.87. The highest BCUT2D eigenvalue weighted by molar-refractivity contribution is 5.34. The van der Waals surface area contributed by atoms with Crippen LogP contribution in [0.3, 0.4) is 0 Å². The zero-order chi connectivity index (χ0) is 12.3. The van der Waals surface area contributed by atoms with Gasteiger partial charge in [-0.25, -0.2) is 0 Å². The Morgan fingerprint density at radius 2 is 2.00 bits per heavy atom. The number of nitrogen functional groups attached to an aromatic ring is 1. The molecule has 0 saturated carbocycles. The third-order valence-electron chi connectivity index (χ3n) is 3.17. The maximum absolute atomic E-state index is 5.61. The Kier molecular flexibility index (Phi) is 3.92. The van der Waals surface area contributed by atoms with Crippen molar-refractivity contribution in [2.45, 2.75) is 40.3 Å². The van der Waals surface area contributed by atoms with E-state index in [9.17, 15) is 0 Å². The largest absolute Gasteiger partial charge is 0.397 e. The summed E-state index contributed by atoms with van der Waals surface area (Å²) in [6.45, 7) is 9.87. The standard InChI is InChI=1S/C13H23N3/c1-10(13(2,3)4)16(5)9-12-7-6-11(14)8-15-12/h6-8,10H,9,14H2,1-5H3. The molecule has 0 aromatic carbocycles. The highest BCUT2D eigenvalue weighted by Crippen LogP contribution is 2.23. The molecule has 1 heterocycles. The summed E-state index contributed by atoms with van der Waals surface area (Å²) >= 11 is 0. The number of anilines is 1. The Bertz CT molecular complexity index is 324. The van der Waals surface area contributed by atoms with E-state index in [1.807, 2.05) is 12.1 Å². The maximum Gasteiger partial charge on any atom is 0.0545 e. The van der Waals surface area contributed by atoms with Crippen LogP contribution in [-0.4, -0.2) is 23.0 Å². The normalized spacial score (nSPS) is 14.1. The summed E-state index contributed by atoms with van der Waals surface area (Å²) in [4.78, 5) is 6.63. The van der Waals surface area contributed by atoms with Crippen molar-refractivity contribution in [2.24, 2.45) is 5.41 Å². The smallest absolute Gasteiger partial charge is 0.0545 e. The molecule has 16 heavy (non-hydrogen) atoms. The Labute approximate surface area is 98.7 Å². The van der Waals surface area contributed by atoms with Crippen molar-refractivity contribution >= 4 is 5.69 Å². The maximum atomic E-state index is 5.61. The third-order valence-corrected chi connectivity index (χ3v) is 3.17. The van der Waals surface area contributed by atoms with E-state index in [-0.39, 0.29) is 5.41 Å². The van der Waals surface area contributed by atoms with Gasteiger partial charge >= 0.3 is 0 Å². The van der Waals surface area contributed by atoms with Gasteiger partial charge in [0.2, 0.25) is 0 Å². The van der Waals surface area contributed by atoms with Gasteiger partial charge in [0.05, 0.1) is 17.6 Å². The first-order chi connectivity index (χ1) is 7.30. The van der Waals surface area contributed by atoms with Crippen LogP contribution in [0.2, 0.25) is 0 Å². The second kappa shape index (κ2) is 4.83. The van der Waals surface area contributed by atoms with Crippen molar-refractivity contribution in [3.05, 3.63) is 24.0 Å². The summed E-state index contributed by atoms with van der Waals surface area (Å²) in [5, 5.41) is 0. The van der Waals surface area contributed by atoms with Gasteiger partial charge in [0.15, 0.2) is 0 Å². The Morgan fingerprint density at radius 1 is 1.38 bits per heavy atom. The van der Waals surface area contributed by atoms with Crippen LogP contribution >= 0.6 is 0 Å². The fourth-order valence-corrected chi connectivity index (χ4v) is 1.58. The van der Waals surface area contributed by atoms with Crippen molar-refractivity contribution in [1.29, 1.82) is 0 Å². The van der Waals surface area contributed by atoms with Gasteiger partial charge in [0, 0.05) is 12.6 Å². The first kappa shape index (κ1) is 13.0. The third kappa shape index (κ3) is 3.49. The van der Waals surface area contributed by atoms with Crippen molar-refractivity contribution in [3.8, 4) is 0 Å². The molecule has 0 aliphatic heterocycles. The van der Waals surface area contributed by atoms with Crippen LogP contribution in [0, 0.1) is 5.41 Å². The van der Waals surface area contributed by atoms with E-state index in [0.717, 1.165) is 17.9 Å². The second-order valence-corrected chi connectivity index (χ2v) is 5.54. The molecule has 1 aromatic rings. The molecular weight excluding hydrogens is 198 g/mol. The number of nitrogens with two attached hydrogens (primary N) is 1. The molecule has 0 aliphatic rings. The molecule has 3 nitrogen and oxygen atoms in total. The van der Waals surface area contributed by atoms with Crippen molar-refractivity contribution in [1.82, 2.24) is 9.88 Å². The molecule has 1 atom stereocenters. The van der Waals surface area contributed by atoms with Crippen LogP contribution in [0.25, 0.3) is 0 Å². The Balaban J connectivity index is 2.64. The molecular formula is C13H23N3. The molecule has 0 fully saturated rings. The van der Waals surface area contributed by atoms with Crippen LogP contribution in [0.15, 0.2) is 18.3 Å². The number of pyridine rings is 1. The minimum atomic E-state index is 0.280. The topological polar surface area (TPSA) is 42.1 Å². The van der Waals surface area contributed by atoms with Gasteiger partial charge in [-0.3, -0.25) is 9.88 Å². The van der Waals surface area contributed by atoms with Gasteiger partial charge in [-0.1, -0.05) is 20.8 Å². The summed E-state index contributed by atoms with van der Waals surface area (Å²) in [6, 6.07) is 4.39. The van der Waals surface area contributed by atoms with Crippen molar-refractivity contribution in [3.63, 3.8) is 0 Å². The fraction of sp³-hybridized carbons (Fsp3) is 0.615. The molecule has 1 aromatic heterocycles. The molecule has 3 heteroatoms. The lowest BCUT2D eigenvalue weighted by Gasteiger charge is -2.35. The lowest BCUT2D eigenvalue weighted by molar-refractivity contribution is 0.133. The van der Waals surface area contributed by atoms with Crippen LogP contribution in [0.5, 0.6) is 0 Å². The van der Waals surface area contributed by atoms with E-state index < -0.39 is 0 Å². The molecule has 90 valence electrons. The summed E-state index contributed by atoms with van der Waals surface area (Å²) < 4.78 is 0. The van der Waals surface area contributed by atoms with E-state index in [0.29, 0.717) is 6.04 Å². The minimum Gasteiger partial charge on any atom is -0.397 e. The predicted octanol–water partition coefficient (Wildman–Crippen LogP) is 2.53. The molecule has 0 bridgehead atoms. The van der Waals surface area contributed by atoms with E-state index in [1.54, 1.807) is 6.20 Å². The second-order valence-electron chi connectivity index (χ2n) is 5.54. The SMILES string of the molecule is CC(N(C)Cc1ccc(N)cn1)C(C)(C)C. The quantitative estimate of drug-likeness (QED) is 0.853. The van der Waals surface area contributed by atoms with E-state index in [1.165, 1.54) is 0 Å². The molecule has 2 N–H and O–H groups in total. The highest BCUT2D eigenvalue weighted by Gasteiger charge is 2.23. The number of nitrogens with zero attached hydrogens (tertiary/aromatic N) is 2. The average molecular weight is 221 g/mol. The Morgan fingerprint density at radius 3 is 2.44 bits per heavy atom. The van der Waals surface area contributed by atoms with Crippen LogP contribution in [0.4, 0.5) is 5.69 Å². The van der Waals surface area contributed by atoms with Gasteiger partial charge in [-0.15, -0.1) is 0 Å². The van der Waals surface area contributed by atoms with Gasteiger partial charge in [-0.05, 0) is 31.5 Å². The van der Waals surface area contributed by atoms with E-state index >= 15 is 0 Å². The number of rotatable bonds is 3. The van der Waals surface area contributed by atoms with E-state index in [2.05, 4.69) is 44.6 Å². The summed E-state index contributed by atoms with van der Waals surface area (Å²) in [5.41, 5.74) is 7.67. The van der Waals surface area contributed by atoms with Crippen LogP contribution < -0.4 is 5.73 Å². The number of hydrogen-bond acceptors (Lipinski definition) is 3. The zero-order valence-corrected chi connectivity index (χ0v) is 11.0. The molecule has 1 unspecified atom stereocenters. The van der Waals surface area contributed by atoms with Crippen molar-refractivity contribution in [2.75, 3.05) is 12.8 Å². The van der Waals surface area contributed by atoms with Crippen molar-refractivity contribution < 1.29 is 0 Å². The Hall–Kier alpha value is -1.09. The lowest BCUT2D eigenvalue weighted by Crippen LogP contribution is -2.38. The monoisotopic (exact) mass is 221 g/mol. The number of aromatic nitrogens is 1. The van der Waals surface area contributed by atoms with Gasteiger partial charge in [-0.2, -0.15) is 0 Å². The van der Waals surface area contributed by atoms with E-state index in [4.69, 9.17) is 5.73 Å². The minimum absolute atomic E-state index is 0.280. The molecule has 0 amide bonds. The molecule has 0 saturated heterocycles. The summed E-state index contributed by atoms with van der Waals surface area (Å²) in [5.74, 6) is 0. The predicted molar refractivity (Wildman–Crippen MR) is 69.0 cm³/mol. The van der Waals surface area contributed by atoms with Gasteiger partial charge in [0.25, 0.3) is 0 Å². The summed E-state index contributed by atoms with van der Waals surface area (Å²) in [7, 11) is 2.13. The van der Waals surface area contributed by atoms with Crippen LogP contribution in [-0.2, 0) is 6.54 Å². The fourth-order valence-electron chi connectivity index (χ4n) is 1.58. The highest BCUT2D eigenvalue weighted by atomic mass is 15.1. The first-order valence-electron chi connectivity index (χ1n) is 5.71. The van der Waals surface area contributed by atoms with Crippen LogP contribution in [0.1, 0.15) is 33.4 Å². The molecule has 0 radical (unpaired) electrons.